The molecule has 1 atom stereocenters. The minimum Gasteiger partial charge on any atom is -0.474 e. The van der Waals surface area contributed by atoms with Crippen LogP contribution in [0.5, 0.6) is 0 Å². The highest BCUT2D eigenvalue weighted by atomic mass is 31.0. The quantitative estimate of drug-likeness (QED) is 0.380. The number of amides is 1. The summed E-state index contributed by atoms with van der Waals surface area (Å²) in [5.41, 5.74) is 3.93. The first-order valence-electron chi connectivity index (χ1n) is 9.79. The first-order valence-corrected chi connectivity index (χ1v) is 10.3. The maximum absolute atomic E-state index is 12.4. The van der Waals surface area contributed by atoms with Crippen LogP contribution in [0.3, 0.4) is 0 Å². The molecule has 1 aliphatic heterocycles. The van der Waals surface area contributed by atoms with Gasteiger partial charge in [0.25, 0.3) is 0 Å². The Morgan fingerprint density at radius 1 is 1.45 bits per heavy atom. The highest BCUT2D eigenvalue weighted by Gasteiger charge is 2.34. The fourth-order valence-electron chi connectivity index (χ4n) is 3.46. The van der Waals surface area contributed by atoms with Crippen LogP contribution >= 0.6 is 8.86 Å². The van der Waals surface area contributed by atoms with Gasteiger partial charge in [0.2, 0.25) is 5.91 Å². The molecule has 0 spiro atoms. The van der Waals surface area contributed by atoms with E-state index in [1.54, 1.807) is 7.05 Å². The van der Waals surface area contributed by atoms with Gasteiger partial charge in [-0.05, 0) is 44.9 Å². The smallest absolute Gasteiger partial charge is 0.237 e. The number of carbonyl (C=O) groups excluding carboxylic acids is 2. The molecular weight excluding hydrogens is 385 g/mol. The lowest BCUT2D eigenvalue weighted by molar-refractivity contribution is -0.125. The van der Waals surface area contributed by atoms with Gasteiger partial charge in [-0.15, -0.1) is 8.86 Å². The molecule has 0 aliphatic carbocycles. The molecule has 1 aromatic rings. The predicted octanol–water partition coefficient (Wildman–Crippen LogP) is 2.93. The molecule has 1 unspecified atom stereocenters. The third kappa shape index (κ3) is 5.68. The topological polar surface area (TPSA) is 61.9 Å². The van der Waals surface area contributed by atoms with E-state index in [9.17, 15) is 9.59 Å². The van der Waals surface area contributed by atoms with E-state index in [2.05, 4.69) is 26.8 Å². The second-order valence-electron chi connectivity index (χ2n) is 8.26. The molecule has 0 radical (unpaired) electrons. The Morgan fingerprint density at radius 2 is 2.14 bits per heavy atom. The van der Waals surface area contributed by atoms with E-state index in [0.29, 0.717) is 31.8 Å². The van der Waals surface area contributed by atoms with Crippen molar-refractivity contribution in [3.8, 4) is 0 Å². The summed E-state index contributed by atoms with van der Waals surface area (Å²) in [7, 11) is 7.32. The Labute approximate surface area is 176 Å². The van der Waals surface area contributed by atoms with Gasteiger partial charge >= 0.3 is 0 Å². The molecule has 0 fully saturated rings. The number of rotatable bonds is 9. The van der Waals surface area contributed by atoms with Gasteiger partial charge in [0.15, 0.2) is 5.88 Å². The van der Waals surface area contributed by atoms with Crippen molar-refractivity contribution < 1.29 is 14.3 Å². The molecule has 7 heteroatoms. The molecule has 2 rings (SSSR count). The number of fused-ring (bicyclic) bond motifs is 1. The van der Waals surface area contributed by atoms with Crippen molar-refractivity contribution in [2.24, 2.45) is 0 Å². The van der Waals surface area contributed by atoms with Crippen LogP contribution in [0.4, 0.5) is 0 Å². The zero-order valence-electron chi connectivity index (χ0n) is 18.0. The van der Waals surface area contributed by atoms with Gasteiger partial charge in [0.05, 0.1) is 6.04 Å². The van der Waals surface area contributed by atoms with Crippen molar-refractivity contribution in [3.05, 3.63) is 47.4 Å². The molecule has 0 saturated carbocycles. The van der Waals surface area contributed by atoms with Gasteiger partial charge in [0.1, 0.15) is 11.9 Å². The largest absolute Gasteiger partial charge is 0.474 e. The molecular formula is C22H32N3O3P. The molecule has 29 heavy (non-hydrogen) atoms. The second kappa shape index (κ2) is 9.55. The summed E-state index contributed by atoms with van der Waals surface area (Å²) in [5, 5.41) is 2.71. The first-order chi connectivity index (χ1) is 13.6. The summed E-state index contributed by atoms with van der Waals surface area (Å²) >= 11 is 0. The minimum absolute atomic E-state index is 0.0963. The van der Waals surface area contributed by atoms with Gasteiger partial charge in [-0.3, -0.25) is 9.69 Å². The number of likely N-dealkylation sites (N-methyl/N-ethyl adjacent to an activating group) is 1. The summed E-state index contributed by atoms with van der Waals surface area (Å²) in [6, 6.07) is 5.74. The monoisotopic (exact) mass is 417 g/mol. The molecule has 1 amide bonds. The summed E-state index contributed by atoms with van der Waals surface area (Å²) in [6.45, 7) is 11.3. The van der Waals surface area contributed by atoms with E-state index in [1.807, 2.05) is 49.8 Å². The van der Waals surface area contributed by atoms with Gasteiger partial charge in [-0.1, -0.05) is 18.2 Å². The lowest BCUT2D eigenvalue weighted by Gasteiger charge is -2.29. The Kier molecular flexibility index (Phi) is 7.61. The molecule has 1 heterocycles. The summed E-state index contributed by atoms with van der Waals surface area (Å²) < 4.78 is 5.88. The molecule has 6 nitrogen and oxygen atoms in total. The van der Waals surface area contributed by atoms with Crippen LogP contribution in [-0.4, -0.2) is 53.1 Å². The highest BCUT2D eigenvalue weighted by molar-refractivity contribution is 7.22. The van der Waals surface area contributed by atoms with Crippen molar-refractivity contribution in [1.29, 1.82) is 0 Å². The highest BCUT2D eigenvalue weighted by Crippen LogP contribution is 2.31. The number of carbonyl (C=O) groups is 2. The van der Waals surface area contributed by atoms with Crippen LogP contribution in [0.2, 0.25) is 0 Å². The van der Waals surface area contributed by atoms with E-state index in [1.165, 1.54) is 0 Å². The Bertz CT molecular complexity index is 801. The third-order valence-corrected chi connectivity index (χ3v) is 5.44. The van der Waals surface area contributed by atoms with Crippen molar-refractivity contribution in [3.63, 3.8) is 0 Å². The average Bonchev–Trinajstić information content (AvgIpc) is 2.98. The Balaban J connectivity index is 2.24. The number of benzene rings is 1. The van der Waals surface area contributed by atoms with Crippen LogP contribution in [0.15, 0.2) is 30.7 Å². The number of nitrogens with zero attached hydrogens (tertiary/aromatic N) is 2. The Hall–Kier alpha value is -2.17. The van der Waals surface area contributed by atoms with Crippen molar-refractivity contribution in [1.82, 2.24) is 15.1 Å². The van der Waals surface area contributed by atoms with Crippen LogP contribution in [0.1, 0.15) is 50.3 Å². The van der Waals surface area contributed by atoms with E-state index >= 15 is 0 Å². The lowest BCUT2D eigenvalue weighted by Crippen LogP contribution is -2.45. The van der Waals surface area contributed by atoms with Gasteiger partial charge in [0, 0.05) is 44.6 Å². The van der Waals surface area contributed by atoms with Crippen molar-refractivity contribution in [2.75, 3.05) is 14.1 Å². The molecule has 0 bridgehead atoms. The third-order valence-electron chi connectivity index (χ3n) is 4.88. The van der Waals surface area contributed by atoms with Crippen molar-refractivity contribution >= 4 is 26.5 Å². The summed E-state index contributed by atoms with van der Waals surface area (Å²) in [6.07, 6.45) is 1.66. The number of ether oxygens (including phenoxy) is 1. The fraction of sp³-hybridized carbons (Fsp3) is 0.500. The molecule has 0 aromatic heterocycles. The first kappa shape index (κ1) is 23.1. The maximum atomic E-state index is 12.4. The summed E-state index contributed by atoms with van der Waals surface area (Å²) in [5.74, 6) is 0.516. The number of hydrogen-bond donors (Lipinski definition) is 1. The standard InChI is InChI=1S/C22H32N3O3P/c1-15(28-22(2,3)4)24(6)13-16-9-7-10-17-18(16)14-25(21(17)29)19(11-8-12-26)20(27)23-5/h7,9-10,12,19,29H,1,8,11,13-14H2,2-6H3,(H,23,27). The summed E-state index contributed by atoms with van der Waals surface area (Å²) in [4.78, 5) is 27.3. The Morgan fingerprint density at radius 3 is 2.72 bits per heavy atom. The molecule has 1 N–H and O–H groups in total. The van der Waals surface area contributed by atoms with E-state index in [0.717, 1.165) is 28.4 Å². The lowest BCUT2D eigenvalue weighted by atomic mass is 10.0. The molecule has 158 valence electrons. The van der Waals surface area contributed by atoms with Crippen molar-refractivity contribution in [2.45, 2.75) is 58.3 Å². The zero-order valence-corrected chi connectivity index (χ0v) is 19.0. The van der Waals surface area contributed by atoms with Gasteiger partial charge in [-0.2, -0.15) is 0 Å². The van der Waals surface area contributed by atoms with Crippen LogP contribution in [-0.2, 0) is 27.4 Å². The predicted molar refractivity (Wildman–Crippen MR) is 119 cm³/mol. The number of hydrogen-bond acceptors (Lipinski definition) is 4. The molecule has 1 aliphatic rings. The molecule has 1 aromatic carbocycles. The number of aldehydes is 1. The number of nitrogens with one attached hydrogen (secondary N) is 1. The van der Waals surface area contributed by atoms with Gasteiger partial charge in [-0.25, -0.2) is 0 Å². The minimum atomic E-state index is -0.408. The average molecular weight is 417 g/mol. The fourth-order valence-corrected chi connectivity index (χ4v) is 3.93. The SMILES string of the molecule is C=C(OC(C)(C)C)N(C)Cc1cccc2c1CN(C(CCC=O)C(=O)NC)C2=P. The van der Waals surface area contributed by atoms with E-state index in [4.69, 9.17) is 4.74 Å². The van der Waals surface area contributed by atoms with Crippen LogP contribution in [0, 0.1) is 0 Å². The normalized spacial score (nSPS) is 14.9. The van der Waals surface area contributed by atoms with Gasteiger partial charge < -0.3 is 19.7 Å². The van der Waals surface area contributed by atoms with Crippen LogP contribution in [0.25, 0.3) is 0 Å². The second-order valence-corrected chi connectivity index (χ2v) is 8.73. The molecule has 0 saturated heterocycles. The van der Waals surface area contributed by atoms with E-state index in [-0.39, 0.29) is 11.5 Å². The maximum Gasteiger partial charge on any atom is 0.237 e. The zero-order chi connectivity index (χ0) is 21.8. The van der Waals surface area contributed by atoms with Crippen LogP contribution < -0.4 is 5.32 Å². The van der Waals surface area contributed by atoms with E-state index < -0.39 is 6.04 Å².